The van der Waals surface area contributed by atoms with Gasteiger partial charge < -0.3 is 27.2 Å². The maximum atomic E-state index is 10.8. The van der Waals surface area contributed by atoms with Crippen LogP contribution in [0.4, 0.5) is 0 Å². The average Bonchev–Trinajstić information content (AvgIpc) is 2.40. The van der Waals surface area contributed by atoms with Crippen molar-refractivity contribution in [3.05, 3.63) is 0 Å². The zero-order chi connectivity index (χ0) is 12.8. The third-order valence-electron chi connectivity index (χ3n) is 4.23. The van der Waals surface area contributed by atoms with Gasteiger partial charge in [0.15, 0.2) is 0 Å². The topological polar surface area (TPSA) is 49.8 Å². The molecule has 4 nitrogen and oxygen atoms in total. The molecule has 0 aromatic heterocycles. The van der Waals surface area contributed by atoms with Gasteiger partial charge in [-0.05, 0) is 51.6 Å². The molecule has 2 aliphatic rings. The lowest BCUT2D eigenvalue weighted by Gasteiger charge is -2.29. The van der Waals surface area contributed by atoms with E-state index >= 15 is 0 Å². The van der Waals surface area contributed by atoms with Gasteiger partial charge in [0.25, 0.3) is 0 Å². The van der Waals surface area contributed by atoms with Crippen molar-refractivity contribution in [1.82, 2.24) is 4.90 Å². The molecule has 19 heavy (non-hydrogen) atoms. The first-order valence-corrected chi connectivity index (χ1v) is 7.32. The highest BCUT2D eigenvalue weighted by Crippen LogP contribution is 2.26. The Balaban J connectivity index is 0.00000180. The van der Waals surface area contributed by atoms with Crippen LogP contribution < -0.4 is 12.4 Å². The summed E-state index contributed by atoms with van der Waals surface area (Å²) in [5.41, 5.74) is 0. The van der Waals surface area contributed by atoms with Crippen molar-refractivity contribution in [3.63, 3.8) is 0 Å². The van der Waals surface area contributed by atoms with Gasteiger partial charge in [0.1, 0.15) is 0 Å². The third-order valence-corrected chi connectivity index (χ3v) is 4.23. The predicted octanol–water partition coefficient (Wildman–Crippen LogP) is -0.751. The second kappa shape index (κ2) is 8.77. The van der Waals surface area contributed by atoms with Crippen molar-refractivity contribution < 1.29 is 28.5 Å². The van der Waals surface area contributed by atoms with Crippen LogP contribution in [-0.4, -0.2) is 48.3 Å². The summed E-state index contributed by atoms with van der Waals surface area (Å²) < 4.78 is 5.88. The number of piperidine rings is 1. The molecule has 0 radical (unpaired) electrons. The summed E-state index contributed by atoms with van der Waals surface area (Å²) in [6, 6.07) is 0. The Morgan fingerprint density at radius 3 is 2.37 bits per heavy atom. The molecule has 2 rings (SSSR count). The molecular formula is C14H26ClNO3. The number of carbonyl (C=O) groups is 1. The van der Waals surface area contributed by atoms with Crippen molar-refractivity contribution >= 4 is 5.97 Å². The van der Waals surface area contributed by atoms with Gasteiger partial charge in [-0.2, -0.15) is 0 Å². The molecule has 112 valence electrons. The van der Waals surface area contributed by atoms with Gasteiger partial charge in [-0.1, -0.05) is 6.42 Å². The van der Waals surface area contributed by atoms with Crippen LogP contribution in [0, 0.1) is 5.92 Å². The fourth-order valence-electron chi connectivity index (χ4n) is 3.01. The summed E-state index contributed by atoms with van der Waals surface area (Å²) >= 11 is 0. The largest absolute Gasteiger partial charge is 1.00 e. The van der Waals surface area contributed by atoms with E-state index in [9.17, 15) is 4.79 Å². The molecule has 1 saturated carbocycles. The van der Waals surface area contributed by atoms with E-state index in [4.69, 9.17) is 9.84 Å². The van der Waals surface area contributed by atoms with Gasteiger partial charge in [-0.15, -0.1) is 0 Å². The molecule has 0 bridgehead atoms. The van der Waals surface area contributed by atoms with E-state index in [1.54, 1.807) is 0 Å². The SMILES string of the molecule is O=C(O)C1CCC(OCCN2CCCCC2)CC1.[Cl-].[H+]. The first-order chi connectivity index (χ1) is 8.75. The van der Waals surface area contributed by atoms with Gasteiger partial charge in [0, 0.05) is 6.54 Å². The molecule has 1 aliphatic carbocycles. The van der Waals surface area contributed by atoms with E-state index < -0.39 is 5.97 Å². The summed E-state index contributed by atoms with van der Waals surface area (Å²) in [6.45, 7) is 4.28. The third kappa shape index (κ3) is 5.67. The van der Waals surface area contributed by atoms with E-state index in [0.717, 1.165) is 38.8 Å². The van der Waals surface area contributed by atoms with Crippen molar-refractivity contribution in [1.29, 1.82) is 0 Å². The standard InChI is InChI=1S/C14H25NO3.ClH/c16-14(17)12-4-6-13(7-5-12)18-11-10-15-8-2-1-3-9-15;/h12-13H,1-11H2,(H,16,17);1H. The summed E-state index contributed by atoms with van der Waals surface area (Å²) in [5, 5.41) is 8.92. The highest BCUT2D eigenvalue weighted by atomic mass is 35.5. The second-order valence-electron chi connectivity index (χ2n) is 5.58. The number of hydrogen-bond acceptors (Lipinski definition) is 3. The summed E-state index contributed by atoms with van der Waals surface area (Å²) in [7, 11) is 0. The Labute approximate surface area is 123 Å². The molecular weight excluding hydrogens is 266 g/mol. The Morgan fingerprint density at radius 2 is 1.79 bits per heavy atom. The average molecular weight is 292 g/mol. The van der Waals surface area contributed by atoms with Crippen LogP contribution in [0.5, 0.6) is 0 Å². The summed E-state index contributed by atoms with van der Waals surface area (Å²) in [4.78, 5) is 13.3. The quantitative estimate of drug-likeness (QED) is 0.724. The van der Waals surface area contributed by atoms with Crippen LogP contribution in [0.25, 0.3) is 0 Å². The van der Waals surface area contributed by atoms with Crippen LogP contribution in [0.3, 0.4) is 0 Å². The van der Waals surface area contributed by atoms with Crippen LogP contribution >= 0.6 is 0 Å². The lowest BCUT2D eigenvalue weighted by molar-refractivity contribution is -0.143. The Morgan fingerprint density at radius 1 is 1.16 bits per heavy atom. The maximum Gasteiger partial charge on any atom is 1.00 e. The van der Waals surface area contributed by atoms with Crippen molar-refractivity contribution in [2.75, 3.05) is 26.2 Å². The second-order valence-corrected chi connectivity index (χ2v) is 5.58. The fourth-order valence-corrected chi connectivity index (χ4v) is 3.01. The van der Waals surface area contributed by atoms with Gasteiger partial charge >= 0.3 is 7.40 Å². The van der Waals surface area contributed by atoms with E-state index in [0.29, 0.717) is 6.10 Å². The van der Waals surface area contributed by atoms with Gasteiger partial charge in [-0.3, -0.25) is 4.79 Å². The minimum atomic E-state index is -0.637. The van der Waals surface area contributed by atoms with Crippen LogP contribution in [0.2, 0.25) is 0 Å². The number of hydrogen-bond donors (Lipinski definition) is 1. The van der Waals surface area contributed by atoms with Crippen molar-refractivity contribution in [2.45, 2.75) is 51.0 Å². The lowest BCUT2D eigenvalue weighted by atomic mass is 9.87. The molecule has 1 heterocycles. The predicted molar refractivity (Wildman–Crippen MR) is 70.7 cm³/mol. The minimum Gasteiger partial charge on any atom is -1.00 e. The van der Waals surface area contributed by atoms with E-state index in [1.165, 1.54) is 32.4 Å². The number of carboxylic acid groups (broad SMARTS) is 1. The van der Waals surface area contributed by atoms with Crippen LogP contribution in [0.15, 0.2) is 0 Å². The van der Waals surface area contributed by atoms with Crippen LogP contribution in [0.1, 0.15) is 46.4 Å². The van der Waals surface area contributed by atoms with E-state index in [2.05, 4.69) is 4.90 Å². The normalized spacial score (nSPS) is 28.6. The van der Waals surface area contributed by atoms with Crippen LogP contribution in [-0.2, 0) is 9.53 Å². The van der Waals surface area contributed by atoms with E-state index in [1.807, 2.05) is 0 Å². The zero-order valence-corrected chi connectivity index (χ0v) is 12.3. The molecule has 0 amide bonds. The molecule has 1 aliphatic heterocycles. The highest BCUT2D eigenvalue weighted by molar-refractivity contribution is 5.70. The van der Waals surface area contributed by atoms with Gasteiger partial charge in [-0.25, -0.2) is 0 Å². The summed E-state index contributed by atoms with van der Waals surface area (Å²) in [5.74, 6) is -0.770. The number of likely N-dealkylation sites (tertiary alicyclic amines) is 1. The molecule has 0 unspecified atom stereocenters. The molecule has 0 aromatic rings. The molecule has 1 N–H and O–H groups in total. The van der Waals surface area contributed by atoms with Gasteiger partial charge in [0.05, 0.1) is 18.6 Å². The summed E-state index contributed by atoms with van der Waals surface area (Å²) in [6.07, 6.45) is 7.70. The first-order valence-electron chi connectivity index (χ1n) is 7.32. The maximum absolute atomic E-state index is 10.8. The van der Waals surface area contributed by atoms with Crippen molar-refractivity contribution in [3.8, 4) is 0 Å². The number of rotatable bonds is 5. The molecule has 0 atom stereocenters. The molecule has 2 fully saturated rings. The molecule has 0 aromatic carbocycles. The number of aliphatic carboxylic acids is 1. The molecule has 5 heteroatoms. The number of ether oxygens (including phenoxy) is 1. The number of carboxylic acids is 1. The minimum absolute atomic E-state index is 0. The fraction of sp³-hybridized carbons (Fsp3) is 0.929. The first kappa shape index (κ1) is 16.7. The lowest BCUT2D eigenvalue weighted by Crippen LogP contribution is -3.00. The zero-order valence-electron chi connectivity index (χ0n) is 12.5. The Bertz CT molecular complexity index is 267. The number of halogens is 1. The highest BCUT2D eigenvalue weighted by Gasteiger charge is 2.26. The molecule has 1 saturated heterocycles. The Kier molecular flexibility index (Phi) is 7.73. The smallest absolute Gasteiger partial charge is 1.00 e. The van der Waals surface area contributed by atoms with Crippen molar-refractivity contribution in [2.24, 2.45) is 5.92 Å². The van der Waals surface area contributed by atoms with Gasteiger partial charge in [0.2, 0.25) is 0 Å². The van der Waals surface area contributed by atoms with E-state index in [-0.39, 0.29) is 19.8 Å². The molecule has 0 spiro atoms. The Hall–Kier alpha value is -0.320. The number of nitrogens with zero attached hydrogens (tertiary/aromatic N) is 1. The monoisotopic (exact) mass is 291 g/mol.